The number of rotatable bonds is 6. The second-order valence-corrected chi connectivity index (χ2v) is 9.15. The zero-order valence-electron chi connectivity index (χ0n) is 14.7. The summed E-state index contributed by atoms with van der Waals surface area (Å²) in [7, 11) is 0. The summed E-state index contributed by atoms with van der Waals surface area (Å²) in [5.41, 5.74) is 7.96. The molecule has 4 rings (SSSR count). The number of ketones is 1. The summed E-state index contributed by atoms with van der Waals surface area (Å²) in [6.07, 6.45) is 0.422. The molecule has 8 nitrogen and oxygen atoms in total. The van der Waals surface area contributed by atoms with Gasteiger partial charge in [-0.25, -0.2) is 4.98 Å². The SMILES string of the molecule is Nc1nc2ccc(CC(=O)Cc3nnc(-c4ccc(Br)c([N+](=O)[O-])c4)s3)cc2s1. The topological polar surface area (TPSA) is 125 Å². The smallest absolute Gasteiger partial charge is 0.284 e. The maximum absolute atomic E-state index is 12.5. The minimum absolute atomic E-state index is 0.00586. The molecule has 0 aliphatic rings. The van der Waals surface area contributed by atoms with Gasteiger partial charge >= 0.3 is 0 Å². The van der Waals surface area contributed by atoms with Gasteiger partial charge in [0.2, 0.25) is 0 Å². The highest BCUT2D eigenvalue weighted by Crippen LogP contribution is 2.32. The van der Waals surface area contributed by atoms with E-state index in [9.17, 15) is 14.9 Å². The van der Waals surface area contributed by atoms with Crippen LogP contribution in [0, 0.1) is 10.1 Å². The van der Waals surface area contributed by atoms with Crippen LogP contribution in [0.1, 0.15) is 10.6 Å². The van der Waals surface area contributed by atoms with Gasteiger partial charge in [-0.3, -0.25) is 14.9 Å². The largest absolute Gasteiger partial charge is 0.375 e. The highest BCUT2D eigenvalue weighted by atomic mass is 79.9. The molecule has 0 amide bonds. The number of carbonyl (C=O) groups excluding carboxylic acids is 1. The number of nitro benzene ring substituents is 1. The minimum Gasteiger partial charge on any atom is -0.375 e. The lowest BCUT2D eigenvalue weighted by molar-refractivity contribution is -0.385. The van der Waals surface area contributed by atoms with E-state index in [1.165, 1.54) is 28.7 Å². The normalized spacial score (nSPS) is 11.1. The van der Waals surface area contributed by atoms with Gasteiger partial charge in [-0.2, -0.15) is 0 Å². The Morgan fingerprint density at radius 2 is 1.97 bits per heavy atom. The first kappa shape index (κ1) is 19.6. The van der Waals surface area contributed by atoms with Crippen LogP contribution in [0.25, 0.3) is 20.8 Å². The average molecular weight is 490 g/mol. The Morgan fingerprint density at radius 1 is 1.14 bits per heavy atom. The van der Waals surface area contributed by atoms with E-state index < -0.39 is 4.92 Å². The molecular weight excluding hydrogens is 478 g/mol. The lowest BCUT2D eigenvalue weighted by Crippen LogP contribution is -2.06. The van der Waals surface area contributed by atoms with Crippen molar-refractivity contribution < 1.29 is 9.72 Å². The Hall–Kier alpha value is -2.76. The number of nitrogens with zero attached hydrogens (tertiary/aromatic N) is 4. The maximum atomic E-state index is 12.5. The fraction of sp³-hybridized carbons (Fsp3) is 0.111. The third-order valence-electron chi connectivity index (χ3n) is 4.08. The molecule has 0 unspecified atom stereocenters. The number of halogens is 1. The second-order valence-electron chi connectivity index (χ2n) is 6.17. The molecule has 0 fully saturated rings. The lowest BCUT2D eigenvalue weighted by Gasteiger charge is -2.00. The van der Waals surface area contributed by atoms with Gasteiger partial charge in [0.25, 0.3) is 5.69 Å². The molecule has 29 heavy (non-hydrogen) atoms. The Labute approximate surface area is 180 Å². The first-order chi connectivity index (χ1) is 13.9. The second kappa shape index (κ2) is 7.93. The van der Waals surface area contributed by atoms with Crippen LogP contribution < -0.4 is 5.73 Å². The molecule has 2 N–H and O–H groups in total. The number of fused-ring (bicyclic) bond motifs is 1. The summed E-state index contributed by atoms with van der Waals surface area (Å²) in [5, 5.41) is 20.8. The fourth-order valence-electron chi connectivity index (χ4n) is 2.78. The molecule has 0 spiro atoms. The number of hydrogen-bond acceptors (Lipinski definition) is 9. The van der Waals surface area contributed by atoms with Gasteiger partial charge in [0.1, 0.15) is 15.8 Å². The number of nitrogens with two attached hydrogens (primary N) is 1. The summed E-state index contributed by atoms with van der Waals surface area (Å²) in [4.78, 5) is 27.3. The van der Waals surface area contributed by atoms with Crippen LogP contribution in [-0.4, -0.2) is 25.9 Å². The van der Waals surface area contributed by atoms with Crippen molar-refractivity contribution in [2.75, 3.05) is 5.73 Å². The van der Waals surface area contributed by atoms with E-state index in [0.29, 0.717) is 25.2 Å². The van der Waals surface area contributed by atoms with Gasteiger partial charge in [0.05, 0.1) is 26.0 Å². The van der Waals surface area contributed by atoms with Crippen LogP contribution in [0.3, 0.4) is 0 Å². The standard InChI is InChI=1S/C18H12BrN5O3S2/c19-12-3-2-10(7-14(12)24(26)27)17-23-22-16(29-17)8-11(25)5-9-1-4-13-15(6-9)28-18(20)21-13/h1-4,6-7H,5,8H2,(H2,20,21). The summed E-state index contributed by atoms with van der Waals surface area (Å²) in [5.74, 6) is 0.00586. The number of hydrogen-bond donors (Lipinski definition) is 1. The van der Waals surface area contributed by atoms with Crippen molar-refractivity contribution in [3.63, 3.8) is 0 Å². The van der Waals surface area contributed by atoms with Crippen LogP contribution in [0.2, 0.25) is 0 Å². The van der Waals surface area contributed by atoms with E-state index in [-0.39, 0.29) is 24.3 Å². The molecular formula is C18H12BrN5O3S2. The summed E-state index contributed by atoms with van der Waals surface area (Å²) in [6, 6.07) is 10.4. The van der Waals surface area contributed by atoms with Crippen LogP contribution in [-0.2, 0) is 17.6 Å². The van der Waals surface area contributed by atoms with Gasteiger partial charge in [-0.05, 0) is 39.7 Å². The molecule has 2 heterocycles. The monoisotopic (exact) mass is 489 g/mol. The third-order valence-corrected chi connectivity index (χ3v) is 6.57. The third kappa shape index (κ3) is 4.31. The number of benzene rings is 2. The molecule has 0 bridgehead atoms. The van der Waals surface area contributed by atoms with Gasteiger partial charge in [-0.15, -0.1) is 10.2 Å². The van der Waals surface area contributed by atoms with Gasteiger partial charge < -0.3 is 5.73 Å². The van der Waals surface area contributed by atoms with Crippen molar-refractivity contribution in [2.45, 2.75) is 12.8 Å². The van der Waals surface area contributed by atoms with E-state index in [4.69, 9.17) is 5.73 Å². The molecule has 0 saturated carbocycles. The molecule has 0 atom stereocenters. The Morgan fingerprint density at radius 3 is 2.76 bits per heavy atom. The van der Waals surface area contributed by atoms with Crippen LogP contribution in [0.15, 0.2) is 40.9 Å². The highest BCUT2D eigenvalue weighted by molar-refractivity contribution is 9.10. The molecule has 2 aromatic heterocycles. The molecule has 0 saturated heterocycles. The first-order valence-corrected chi connectivity index (χ1v) is 10.7. The molecule has 4 aromatic rings. The first-order valence-electron chi connectivity index (χ1n) is 8.32. The summed E-state index contributed by atoms with van der Waals surface area (Å²) in [6.45, 7) is 0. The molecule has 0 aliphatic carbocycles. The van der Waals surface area contributed by atoms with Gasteiger partial charge in [0.15, 0.2) is 5.13 Å². The molecule has 11 heteroatoms. The number of nitro groups is 1. The molecule has 0 aliphatic heterocycles. The number of nitrogen functional groups attached to an aromatic ring is 1. The van der Waals surface area contributed by atoms with E-state index in [0.717, 1.165) is 15.8 Å². The van der Waals surface area contributed by atoms with Crippen LogP contribution in [0.4, 0.5) is 10.8 Å². The number of thiazole rings is 1. The van der Waals surface area contributed by atoms with Crippen molar-refractivity contribution in [1.82, 2.24) is 15.2 Å². The van der Waals surface area contributed by atoms with Crippen molar-refractivity contribution in [1.29, 1.82) is 0 Å². The Bertz CT molecular complexity index is 1250. The zero-order valence-corrected chi connectivity index (χ0v) is 17.9. The van der Waals surface area contributed by atoms with Crippen LogP contribution in [0.5, 0.6) is 0 Å². The van der Waals surface area contributed by atoms with Crippen molar-refractivity contribution in [2.24, 2.45) is 0 Å². The van der Waals surface area contributed by atoms with E-state index in [1.54, 1.807) is 12.1 Å². The minimum atomic E-state index is -0.466. The molecule has 146 valence electrons. The predicted octanol–water partition coefficient (Wildman–Crippen LogP) is 4.42. The van der Waals surface area contributed by atoms with E-state index in [1.807, 2.05) is 18.2 Å². The number of anilines is 1. The number of carbonyl (C=O) groups is 1. The van der Waals surface area contributed by atoms with Crippen molar-refractivity contribution in [3.05, 3.63) is 61.6 Å². The van der Waals surface area contributed by atoms with E-state index >= 15 is 0 Å². The maximum Gasteiger partial charge on any atom is 0.284 e. The molecule has 2 aromatic carbocycles. The van der Waals surface area contributed by atoms with Crippen molar-refractivity contribution >= 4 is 65.4 Å². The fourth-order valence-corrected chi connectivity index (χ4v) is 4.84. The lowest BCUT2D eigenvalue weighted by atomic mass is 10.1. The van der Waals surface area contributed by atoms with E-state index in [2.05, 4.69) is 31.1 Å². The number of Topliss-reactive ketones (excluding diaryl/α,β-unsaturated/α-hetero) is 1. The Balaban J connectivity index is 1.47. The predicted molar refractivity (Wildman–Crippen MR) is 116 cm³/mol. The van der Waals surface area contributed by atoms with Crippen LogP contribution >= 0.6 is 38.6 Å². The molecule has 0 radical (unpaired) electrons. The Kier molecular flexibility index (Phi) is 5.35. The summed E-state index contributed by atoms with van der Waals surface area (Å²) >= 11 is 5.80. The van der Waals surface area contributed by atoms with Gasteiger partial charge in [0, 0.05) is 18.1 Å². The highest BCUT2D eigenvalue weighted by Gasteiger charge is 2.17. The van der Waals surface area contributed by atoms with Crippen molar-refractivity contribution in [3.8, 4) is 10.6 Å². The average Bonchev–Trinajstić information content (AvgIpc) is 3.27. The summed E-state index contributed by atoms with van der Waals surface area (Å²) < 4.78 is 1.34. The zero-order chi connectivity index (χ0) is 20.5. The quantitative estimate of drug-likeness (QED) is 0.313. The van der Waals surface area contributed by atoms with Gasteiger partial charge in [-0.1, -0.05) is 34.8 Å². The number of aromatic nitrogens is 3.